The van der Waals surface area contributed by atoms with Crippen LogP contribution in [0, 0.1) is 0 Å². The Morgan fingerprint density at radius 3 is 1.59 bits per heavy atom. The number of rotatable bonds is 8. The highest BCUT2D eigenvalue weighted by atomic mass is 16.5. The van der Waals surface area contributed by atoms with Crippen molar-refractivity contribution in [1.82, 2.24) is 4.57 Å². The normalized spacial score (nSPS) is 11.4. The zero-order valence-corrected chi connectivity index (χ0v) is 31.2. The third-order valence-corrected chi connectivity index (χ3v) is 11.0. The number of methoxy groups -OCH3 is 2. The van der Waals surface area contributed by atoms with Crippen LogP contribution in [0.5, 0.6) is 11.5 Å². The van der Waals surface area contributed by atoms with E-state index in [9.17, 15) is 0 Å². The highest BCUT2D eigenvalue weighted by molar-refractivity contribution is 6.25. The van der Waals surface area contributed by atoms with Crippen molar-refractivity contribution in [3.63, 3.8) is 0 Å². The van der Waals surface area contributed by atoms with E-state index in [1.165, 1.54) is 49.1 Å². The largest absolute Gasteiger partial charge is 0.497 e. The van der Waals surface area contributed by atoms with Crippen LogP contribution in [-0.2, 0) is 0 Å². The maximum Gasteiger partial charge on any atom is 0.118 e. The van der Waals surface area contributed by atoms with E-state index in [1.54, 1.807) is 14.2 Å². The SMILES string of the molecule is COc1ccc(-c2c3ccccc3c(-c3ccc(OC)cc3)c3c(N(c4ccccc4)c4ccc5c(c4)c4ccccc4n5-c4ccccc4)cccc23)cc1. The molecule has 1 heterocycles. The van der Waals surface area contributed by atoms with Gasteiger partial charge in [-0.2, -0.15) is 0 Å². The summed E-state index contributed by atoms with van der Waals surface area (Å²) in [5.41, 5.74) is 11.3. The molecule has 0 amide bonds. The van der Waals surface area contributed by atoms with Crippen LogP contribution in [0.25, 0.3) is 71.3 Å². The van der Waals surface area contributed by atoms with Gasteiger partial charge < -0.3 is 18.9 Å². The molecular formula is C52H38N2O2. The molecule has 0 aliphatic heterocycles. The second-order valence-electron chi connectivity index (χ2n) is 14.0. The van der Waals surface area contributed by atoms with Gasteiger partial charge in [-0.1, -0.05) is 115 Å². The highest BCUT2D eigenvalue weighted by Gasteiger charge is 2.24. The second kappa shape index (κ2) is 13.8. The second-order valence-corrected chi connectivity index (χ2v) is 14.0. The van der Waals surface area contributed by atoms with Crippen LogP contribution < -0.4 is 14.4 Å². The van der Waals surface area contributed by atoms with Crippen molar-refractivity contribution in [3.8, 4) is 39.4 Å². The minimum Gasteiger partial charge on any atom is -0.497 e. The van der Waals surface area contributed by atoms with Gasteiger partial charge in [0.15, 0.2) is 0 Å². The number of ether oxygens (including phenoxy) is 2. The summed E-state index contributed by atoms with van der Waals surface area (Å²) in [6.45, 7) is 0. The van der Waals surface area contributed by atoms with E-state index >= 15 is 0 Å². The van der Waals surface area contributed by atoms with E-state index in [-0.39, 0.29) is 0 Å². The third kappa shape index (κ3) is 5.46. The fourth-order valence-corrected chi connectivity index (χ4v) is 8.48. The highest BCUT2D eigenvalue weighted by Crippen LogP contribution is 2.50. The maximum absolute atomic E-state index is 5.63. The number of anilines is 3. The van der Waals surface area contributed by atoms with Crippen LogP contribution in [0.15, 0.2) is 194 Å². The van der Waals surface area contributed by atoms with Crippen LogP contribution in [0.1, 0.15) is 0 Å². The number of benzene rings is 9. The summed E-state index contributed by atoms with van der Waals surface area (Å²) in [5, 5.41) is 7.11. The summed E-state index contributed by atoms with van der Waals surface area (Å²) >= 11 is 0. The predicted molar refractivity (Wildman–Crippen MR) is 234 cm³/mol. The van der Waals surface area contributed by atoms with Crippen molar-refractivity contribution in [2.75, 3.05) is 19.1 Å². The molecule has 1 aromatic heterocycles. The van der Waals surface area contributed by atoms with E-state index in [0.717, 1.165) is 50.8 Å². The molecule has 4 nitrogen and oxygen atoms in total. The third-order valence-electron chi connectivity index (χ3n) is 11.0. The predicted octanol–water partition coefficient (Wildman–Crippen LogP) is 13.9. The van der Waals surface area contributed by atoms with Gasteiger partial charge in [0.1, 0.15) is 11.5 Å². The molecule has 0 aliphatic carbocycles. The molecule has 0 aliphatic rings. The summed E-state index contributed by atoms with van der Waals surface area (Å²) in [7, 11) is 3.43. The van der Waals surface area contributed by atoms with Crippen LogP contribution in [0.2, 0.25) is 0 Å². The van der Waals surface area contributed by atoms with Crippen molar-refractivity contribution in [1.29, 1.82) is 0 Å². The molecule has 9 aromatic carbocycles. The molecule has 0 fully saturated rings. The van der Waals surface area contributed by atoms with Crippen molar-refractivity contribution in [3.05, 3.63) is 194 Å². The summed E-state index contributed by atoms with van der Waals surface area (Å²) in [6, 6.07) is 69.5. The van der Waals surface area contributed by atoms with E-state index in [4.69, 9.17) is 9.47 Å². The number of hydrogen-bond donors (Lipinski definition) is 0. The Morgan fingerprint density at radius 1 is 0.393 bits per heavy atom. The average Bonchev–Trinajstić information content (AvgIpc) is 3.60. The van der Waals surface area contributed by atoms with Crippen LogP contribution in [-0.4, -0.2) is 18.8 Å². The fourth-order valence-electron chi connectivity index (χ4n) is 8.48. The first kappa shape index (κ1) is 33.3. The molecule has 0 radical (unpaired) electrons. The van der Waals surface area contributed by atoms with E-state index in [2.05, 4.69) is 204 Å². The topological polar surface area (TPSA) is 26.6 Å². The molecule has 10 rings (SSSR count). The van der Waals surface area contributed by atoms with Gasteiger partial charge in [0, 0.05) is 33.2 Å². The number of aromatic nitrogens is 1. The summed E-state index contributed by atoms with van der Waals surface area (Å²) in [5.74, 6) is 1.66. The summed E-state index contributed by atoms with van der Waals surface area (Å²) in [6.07, 6.45) is 0. The molecule has 0 unspecified atom stereocenters. The Morgan fingerprint density at radius 2 is 0.929 bits per heavy atom. The molecule has 4 heteroatoms. The van der Waals surface area contributed by atoms with Crippen LogP contribution in [0.3, 0.4) is 0 Å². The lowest BCUT2D eigenvalue weighted by molar-refractivity contribution is 0.415. The molecule has 0 N–H and O–H groups in total. The Balaban J connectivity index is 1.32. The molecule has 10 aromatic rings. The Bertz CT molecular complexity index is 3020. The van der Waals surface area contributed by atoms with Crippen LogP contribution in [0.4, 0.5) is 17.1 Å². The number of fused-ring (bicyclic) bond motifs is 5. The molecule has 0 saturated carbocycles. The molecule has 0 saturated heterocycles. The van der Waals surface area contributed by atoms with Gasteiger partial charge in [-0.25, -0.2) is 0 Å². The standard InChI is InChI=1S/C52H38N2O2/c1-55-40-29-24-35(25-30-40)50-43-19-9-10-20-44(43)51(36-26-31-41(56-2)32-27-36)52-45(50)21-13-23-49(52)53(37-14-5-3-6-15-37)39-28-33-48-46(34-39)42-18-11-12-22-47(42)54(48)38-16-7-4-8-17-38/h3-34H,1-2H3. The van der Waals surface area contributed by atoms with Crippen molar-refractivity contribution < 1.29 is 9.47 Å². The van der Waals surface area contributed by atoms with E-state index in [1.807, 2.05) is 0 Å². The molecule has 268 valence electrons. The Labute approximate surface area is 326 Å². The van der Waals surface area contributed by atoms with Gasteiger partial charge in [0.2, 0.25) is 0 Å². The van der Waals surface area contributed by atoms with Gasteiger partial charge in [0.25, 0.3) is 0 Å². The van der Waals surface area contributed by atoms with Crippen molar-refractivity contribution in [2.24, 2.45) is 0 Å². The summed E-state index contributed by atoms with van der Waals surface area (Å²) < 4.78 is 13.6. The smallest absolute Gasteiger partial charge is 0.118 e. The average molecular weight is 723 g/mol. The number of nitrogens with zero attached hydrogens (tertiary/aromatic N) is 2. The van der Waals surface area contributed by atoms with Gasteiger partial charge in [0.05, 0.1) is 30.9 Å². The monoisotopic (exact) mass is 722 g/mol. The first-order valence-corrected chi connectivity index (χ1v) is 18.9. The minimum absolute atomic E-state index is 0.825. The Hall–Kier alpha value is -7.30. The zero-order valence-electron chi connectivity index (χ0n) is 31.2. The zero-order chi connectivity index (χ0) is 37.6. The van der Waals surface area contributed by atoms with Gasteiger partial charge in [-0.3, -0.25) is 0 Å². The lowest BCUT2D eigenvalue weighted by atomic mass is 9.85. The van der Waals surface area contributed by atoms with Crippen molar-refractivity contribution in [2.45, 2.75) is 0 Å². The maximum atomic E-state index is 5.63. The Kier molecular flexibility index (Phi) is 8.23. The molecule has 56 heavy (non-hydrogen) atoms. The molecule has 0 spiro atoms. The number of para-hydroxylation sites is 3. The van der Waals surface area contributed by atoms with Gasteiger partial charge >= 0.3 is 0 Å². The van der Waals surface area contributed by atoms with Crippen LogP contribution >= 0.6 is 0 Å². The quantitative estimate of drug-likeness (QED) is 0.146. The van der Waals surface area contributed by atoms with Gasteiger partial charge in [-0.05, 0) is 117 Å². The first-order valence-electron chi connectivity index (χ1n) is 18.9. The lowest BCUT2D eigenvalue weighted by Crippen LogP contribution is -2.11. The van der Waals surface area contributed by atoms with E-state index < -0.39 is 0 Å². The first-order chi connectivity index (χ1) is 27.7. The molecule has 0 atom stereocenters. The minimum atomic E-state index is 0.825. The number of hydrogen-bond acceptors (Lipinski definition) is 3. The van der Waals surface area contributed by atoms with Crippen molar-refractivity contribution >= 4 is 60.4 Å². The molecule has 0 bridgehead atoms. The molecular weight excluding hydrogens is 685 g/mol. The fraction of sp³-hybridized carbons (Fsp3) is 0.0385. The summed E-state index contributed by atoms with van der Waals surface area (Å²) in [4.78, 5) is 2.43. The lowest BCUT2D eigenvalue weighted by Gasteiger charge is -2.29. The van der Waals surface area contributed by atoms with E-state index in [0.29, 0.717) is 0 Å². The van der Waals surface area contributed by atoms with Gasteiger partial charge in [-0.15, -0.1) is 0 Å².